The first kappa shape index (κ1) is 22.5. The molecule has 0 fully saturated rings. The number of hydrogen-bond acceptors (Lipinski definition) is 10. The molecule has 0 saturated carbocycles. The number of aromatic nitrogens is 1. The Hall–Kier alpha value is -4.18. The Balaban J connectivity index is 2.18. The SMILES string of the molecule is CC1(C)Oc2ccc(C#N)cc2[C@@H](n2ccc(CO[N+](=O)[O-])c(CO[N+](=O)[O-])c2=O)[C@@H]1O. The molecule has 0 aliphatic carbocycles. The zero-order chi connectivity index (χ0) is 23.6. The third kappa shape index (κ3) is 4.30. The fourth-order valence-corrected chi connectivity index (χ4v) is 3.52. The van der Waals surface area contributed by atoms with Crippen molar-refractivity contribution in [1.29, 1.82) is 5.26 Å². The van der Waals surface area contributed by atoms with Crippen LogP contribution in [-0.2, 0) is 22.9 Å². The van der Waals surface area contributed by atoms with E-state index in [1.165, 1.54) is 24.4 Å². The number of pyridine rings is 1. The van der Waals surface area contributed by atoms with Gasteiger partial charge in [-0.15, -0.1) is 20.2 Å². The number of rotatable bonds is 7. The van der Waals surface area contributed by atoms with Crippen LogP contribution in [0.5, 0.6) is 5.75 Å². The molecule has 3 rings (SSSR count). The average Bonchev–Trinajstić information content (AvgIpc) is 2.72. The first-order valence-corrected chi connectivity index (χ1v) is 9.23. The second kappa shape index (κ2) is 8.52. The van der Waals surface area contributed by atoms with Gasteiger partial charge in [-0.2, -0.15) is 5.26 Å². The van der Waals surface area contributed by atoms with E-state index in [1.807, 2.05) is 6.07 Å². The molecule has 0 radical (unpaired) electrons. The summed E-state index contributed by atoms with van der Waals surface area (Å²) in [7, 11) is 0. The van der Waals surface area contributed by atoms with E-state index in [2.05, 4.69) is 9.68 Å². The lowest BCUT2D eigenvalue weighted by molar-refractivity contribution is -0.764. The lowest BCUT2D eigenvalue weighted by Crippen LogP contribution is -2.52. The van der Waals surface area contributed by atoms with E-state index in [-0.39, 0.29) is 16.7 Å². The van der Waals surface area contributed by atoms with Gasteiger partial charge in [-0.05, 0) is 43.7 Å². The van der Waals surface area contributed by atoms with Crippen LogP contribution in [0.1, 0.15) is 42.1 Å². The minimum atomic E-state index is -1.26. The Bertz CT molecular complexity index is 1170. The number of fused-ring (bicyclic) bond motifs is 1. The molecular formula is C19H18N4O9. The standard InChI is InChI=1S/C19H18N4O9/c1-19(2)17(24)16(13-7-11(8-20)3-4-15(13)32-19)21-6-5-12(9-30-22(26)27)14(18(21)25)10-31-23(28)29/h3-7,16-17,24H,9-10H2,1-2H3/t16-,17+/m1/s1. The van der Waals surface area contributed by atoms with Crippen molar-refractivity contribution in [3.05, 3.63) is 83.3 Å². The van der Waals surface area contributed by atoms with Crippen molar-refractivity contribution in [1.82, 2.24) is 4.57 Å². The molecule has 13 heteroatoms. The highest BCUT2D eigenvalue weighted by atomic mass is 17.0. The number of nitrogens with zero attached hydrogens (tertiary/aromatic N) is 4. The fourth-order valence-electron chi connectivity index (χ4n) is 3.52. The summed E-state index contributed by atoms with van der Waals surface area (Å²) in [5, 5.41) is 39.3. The lowest BCUT2D eigenvalue weighted by atomic mass is 9.85. The summed E-state index contributed by atoms with van der Waals surface area (Å²) < 4.78 is 6.96. The molecule has 0 unspecified atom stereocenters. The monoisotopic (exact) mass is 446 g/mol. The minimum Gasteiger partial charge on any atom is -0.485 e. The van der Waals surface area contributed by atoms with Gasteiger partial charge in [-0.3, -0.25) is 4.79 Å². The van der Waals surface area contributed by atoms with Gasteiger partial charge in [-0.25, -0.2) is 0 Å². The van der Waals surface area contributed by atoms with E-state index in [1.54, 1.807) is 19.9 Å². The number of hydrogen-bond donors (Lipinski definition) is 1. The van der Waals surface area contributed by atoms with Gasteiger partial charge in [0.2, 0.25) is 0 Å². The van der Waals surface area contributed by atoms with Crippen LogP contribution in [0.15, 0.2) is 35.3 Å². The largest absolute Gasteiger partial charge is 0.485 e. The molecule has 2 aromatic rings. The van der Waals surface area contributed by atoms with Gasteiger partial charge < -0.3 is 24.1 Å². The molecule has 168 valence electrons. The zero-order valence-corrected chi connectivity index (χ0v) is 17.0. The van der Waals surface area contributed by atoms with E-state index in [9.17, 15) is 35.4 Å². The van der Waals surface area contributed by atoms with E-state index < -0.39 is 46.7 Å². The predicted octanol–water partition coefficient (Wildman–Crippen LogP) is 1.26. The quantitative estimate of drug-likeness (QED) is 0.480. The maximum atomic E-state index is 13.3. The van der Waals surface area contributed by atoms with Crippen LogP contribution < -0.4 is 10.3 Å². The second-order valence-electron chi connectivity index (χ2n) is 7.49. The summed E-state index contributed by atoms with van der Waals surface area (Å²) in [6, 6.07) is 6.83. The minimum absolute atomic E-state index is 0.0107. The Morgan fingerprint density at radius 1 is 1.22 bits per heavy atom. The number of nitriles is 1. The number of aliphatic hydroxyl groups is 1. The third-order valence-corrected chi connectivity index (χ3v) is 5.10. The van der Waals surface area contributed by atoms with E-state index in [0.29, 0.717) is 11.3 Å². The second-order valence-corrected chi connectivity index (χ2v) is 7.49. The lowest BCUT2D eigenvalue weighted by Gasteiger charge is -2.42. The maximum absolute atomic E-state index is 13.3. The van der Waals surface area contributed by atoms with Crippen molar-refractivity contribution in [3.63, 3.8) is 0 Å². The van der Waals surface area contributed by atoms with Gasteiger partial charge in [0.25, 0.3) is 15.7 Å². The van der Waals surface area contributed by atoms with Crippen LogP contribution in [-0.4, -0.2) is 31.6 Å². The highest BCUT2D eigenvalue weighted by Gasteiger charge is 2.44. The molecular weight excluding hydrogens is 428 g/mol. The third-order valence-electron chi connectivity index (χ3n) is 5.10. The summed E-state index contributed by atoms with van der Waals surface area (Å²) >= 11 is 0. The summed E-state index contributed by atoms with van der Waals surface area (Å²) in [5.74, 6) is 0.347. The summed E-state index contributed by atoms with van der Waals surface area (Å²) in [5.41, 5.74) is -1.53. The van der Waals surface area contributed by atoms with Crippen molar-refractivity contribution < 1.29 is 29.7 Å². The van der Waals surface area contributed by atoms with Crippen molar-refractivity contribution in [2.75, 3.05) is 0 Å². The first-order valence-electron chi connectivity index (χ1n) is 9.23. The first-order chi connectivity index (χ1) is 15.0. The molecule has 0 bridgehead atoms. The summed E-state index contributed by atoms with van der Waals surface area (Å²) in [4.78, 5) is 43.1. The molecule has 0 saturated heterocycles. The van der Waals surface area contributed by atoms with E-state index in [4.69, 9.17) is 4.74 Å². The number of benzene rings is 1. The molecule has 32 heavy (non-hydrogen) atoms. The van der Waals surface area contributed by atoms with E-state index >= 15 is 0 Å². The Morgan fingerprint density at radius 2 is 1.88 bits per heavy atom. The van der Waals surface area contributed by atoms with Crippen LogP contribution >= 0.6 is 0 Å². The highest BCUT2D eigenvalue weighted by molar-refractivity contribution is 5.47. The van der Waals surface area contributed by atoms with E-state index in [0.717, 1.165) is 4.57 Å². The van der Waals surface area contributed by atoms with Gasteiger partial charge in [0.1, 0.15) is 30.7 Å². The van der Waals surface area contributed by atoms with Crippen molar-refractivity contribution >= 4 is 0 Å². The molecule has 1 aromatic heterocycles. The van der Waals surface area contributed by atoms with Crippen molar-refractivity contribution in [2.45, 2.75) is 44.8 Å². The zero-order valence-electron chi connectivity index (χ0n) is 17.0. The summed E-state index contributed by atoms with van der Waals surface area (Å²) in [6.45, 7) is 1.83. The normalized spacial score (nSPS) is 18.6. The molecule has 0 spiro atoms. The number of ether oxygens (including phenoxy) is 1. The average molecular weight is 446 g/mol. The number of aliphatic hydroxyl groups excluding tert-OH is 1. The van der Waals surface area contributed by atoms with Gasteiger partial charge in [0, 0.05) is 17.3 Å². The topological polar surface area (TPSA) is 180 Å². The molecule has 2 heterocycles. The smallest absolute Gasteiger partial charge is 0.294 e. The Kier molecular flexibility index (Phi) is 5.99. The van der Waals surface area contributed by atoms with Crippen LogP contribution in [0.3, 0.4) is 0 Å². The van der Waals surface area contributed by atoms with Gasteiger partial charge in [0.05, 0.1) is 17.7 Å². The maximum Gasteiger partial charge on any atom is 0.294 e. The Morgan fingerprint density at radius 3 is 2.50 bits per heavy atom. The van der Waals surface area contributed by atoms with Gasteiger partial charge in [0.15, 0.2) is 0 Å². The fraction of sp³-hybridized carbons (Fsp3) is 0.368. The van der Waals surface area contributed by atoms with Crippen molar-refractivity contribution in [2.24, 2.45) is 0 Å². The molecule has 0 amide bonds. The molecule has 1 aliphatic heterocycles. The molecule has 1 aliphatic rings. The highest BCUT2D eigenvalue weighted by Crippen LogP contribution is 2.41. The van der Waals surface area contributed by atoms with Gasteiger partial charge >= 0.3 is 0 Å². The van der Waals surface area contributed by atoms with Crippen molar-refractivity contribution in [3.8, 4) is 11.8 Å². The molecule has 1 aromatic carbocycles. The van der Waals surface area contributed by atoms with Gasteiger partial charge in [-0.1, -0.05) is 0 Å². The van der Waals surface area contributed by atoms with Crippen LogP contribution in [0.4, 0.5) is 0 Å². The predicted molar refractivity (Wildman–Crippen MR) is 104 cm³/mol. The van der Waals surface area contributed by atoms with Crippen LogP contribution in [0.2, 0.25) is 0 Å². The Labute approximate surface area is 180 Å². The molecule has 1 N–H and O–H groups in total. The van der Waals surface area contributed by atoms with Crippen LogP contribution in [0, 0.1) is 31.6 Å². The molecule has 2 atom stereocenters. The molecule has 13 nitrogen and oxygen atoms in total. The van der Waals surface area contributed by atoms with Crippen LogP contribution in [0.25, 0.3) is 0 Å². The summed E-state index contributed by atoms with van der Waals surface area (Å²) in [6.07, 6.45) is 0.0289.